The molecule has 2 amide bonds. The topological polar surface area (TPSA) is 112 Å². The fourth-order valence-electron chi connectivity index (χ4n) is 4.06. The zero-order chi connectivity index (χ0) is 23.2. The van der Waals surface area contributed by atoms with E-state index in [0.717, 1.165) is 31.5 Å². The summed E-state index contributed by atoms with van der Waals surface area (Å²) >= 11 is 0. The van der Waals surface area contributed by atoms with Crippen LogP contribution in [0.4, 0.5) is 15.0 Å². The molecule has 2 N–H and O–H groups in total. The van der Waals surface area contributed by atoms with Gasteiger partial charge in [0.05, 0.1) is 0 Å². The van der Waals surface area contributed by atoms with E-state index in [1.807, 2.05) is 18.2 Å². The summed E-state index contributed by atoms with van der Waals surface area (Å²) < 4.78 is 16.5. The molecule has 33 heavy (non-hydrogen) atoms. The van der Waals surface area contributed by atoms with Crippen molar-refractivity contribution < 1.29 is 9.18 Å². The molecule has 0 aliphatic carbocycles. The lowest BCUT2D eigenvalue weighted by atomic mass is 9.88. The molecule has 3 aromatic heterocycles. The van der Waals surface area contributed by atoms with E-state index in [2.05, 4.69) is 36.7 Å². The van der Waals surface area contributed by atoms with Crippen LogP contribution in [0.1, 0.15) is 42.5 Å². The second-order valence-corrected chi connectivity index (χ2v) is 7.84. The predicted octanol–water partition coefficient (Wildman–Crippen LogP) is 3.19. The van der Waals surface area contributed by atoms with Gasteiger partial charge in [0, 0.05) is 37.2 Å². The number of pyridine rings is 2. The molecular weight excluding hydrogens is 423 g/mol. The Kier molecular flexibility index (Phi) is 6.90. The molecule has 0 aromatic carbocycles. The molecule has 0 radical (unpaired) electrons. The molecule has 0 saturated carbocycles. The number of piperidine rings is 1. The quantitative estimate of drug-likeness (QED) is 0.599. The minimum absolute atomic E-state index is 0.0738. The van der Waals surface area contributed by atoms with E-state index < -0.39 is 11.8 Å². The van der Waals surface area contributed by atoms with Gasteiger partial charge in [0.15, 0.2) is 17.5 Å². The number of anilines is 1. The van der Waals surface area contributed by atoms with Gasteiger partial charge in [-0.2, -0.15) is 10.4 Å². The summed E-state index contributed by atoms with van der Waals surface area (Å²) in [4.78, 5) is 22.3. The molecule has 10 heteroatoms. The van der Waals surface area contributed by atoms with Gasteiger partial charge in [-0.15, -0.1) is 0 Å². The highest BCUT2D eigenvalue weighted by atomic mass is 19.1. The first-order valence-electron chi connectivity index (χ1n) is 10.9. The number of rotatable bonds is 6. The lowest BCUT2D eigenvalue weighted by molar-refractivity contribution is 0.202. The predicted molar refractivity (Wildman–Crippen MR) is 120 cm³/mol. The van der Waals surface area contributed by atoms with Crippen molar-refractivity contribution in [2.75, 3.05) is 25.0 Å². The summed E-state index contributed by atoms with van der Waals surface area (Å²) in [7, 11) is 0. The number of nitrogens with one attached hydrogen (secondary N) is 2. The molecule has 1 fully saturated rings. The van der Waals surface area contributed by atoms with Gasteiger partial charge in [0.1, 0.15) is 11.8 Å². The molecule has 0 spiro atoms. The highest BCUT2D eigenvalue weighted by Crippen LogP contribution is 2.31. The average Bonchev–Trinajstić information content (AvgIpc) is 3.37. The molecular formula is C23H25FN8O. The molecule has 0 unspecified atom stereocenters. The molecule has 1 aliphatic heterocycles. The van der Waals surface area contributed by atoms with Crippen LogP contribution >= 0.6 is 0 Å². The van der Waals surface area contributed by atoms with E-state index in [0.29, 0.717) is 30.2 Å². The van der Waals surface area contributed by atoms with Crippen LogP contribution in [-0.4, -0.2) is 50.3 Å². The Balaban J connectivity index is 1.40. The number of urea groups is 1. The first kappa shape index (κ1) is 22.4. The number of carbonyl (C=O) groups is 1. The maximum atomic E-state index is 14.8. The molecule has 1 aliphatic rings. The van der Waals surface area contributed by atoms with Crippen LogP contribution in [0, 0.1) is 17.1 Å². The van der Waals surface area contributed by atoms with Crippen LogP contribution in [0.2, 0.25) is 0 Å². The molecule has 4 rings (SSSR count). The first-order valence-corrected chi connectivity index (χ1v) is 10.9. The largest absolute Gasteiger partial charge is 0.338 e. The summed E-state index contributed by atoms with van der Waals surface area (Å²) in [6.07, 6.45) is 6.64. The van der Waals surface area contributed by atoms with Gasteiger partial charge in [-0.05, 0) is 62.5 Å². The number of halogens is 1. The van der Waals surface area contributed by atoms with Crippen LogP contribution in [0.25, 0.3) is 5.82 Å². The summed E-state index contributed by atoms with van der Waals surface area (Å²) in [6.45, 7) is 4.17. The van der Waals surface area contributed by atoms with Crippen molar-refractivity contribution >= 4 is 11.8 Å². The number of aromatic nitrogens is 4. The maximum absolute atomic E-state index is 14.8. The zero-order valence-corrected chi connectivity index (χ0v) is 18.3. The molecule has 4 heterocycles. The highest BCUT2D eigenvalue weighted by molar-refractivity contribution is 5.88. The normalized spacial score (nSPS) is 14.6. The van der Waals surface area contributed by atoms with Gasteiger partial charge >= 0.3 is 6.03 Å². The van der Waals surface area contributed by atoms with Gasteiger partial charge in [0.2, 0.25) is 0 Å². The van der Waals surface area contributed by atoms with Crippen molar-refractivity contribution in [3.63, 3.8) is 0 Å². The van der Waals surface area contributed by atoms with E-state index in [1.165, 1.54) is 6.20 Å². The maximum Gasteiger partial charge on any atom is 0.320 e. The van der Waals surface area contributed by atoms with E-state index in [1.54, 1.807) is 30.1 Å². The number of hydrogen-bond donors (Lipinski definition) is 2. The van der Waals surface area contributed by atoms with Crippen molar-refractivity contribution in [3.8, 4) is 11.9 Å². The Bertz CT molecular complexity index is 1150. The third-order valence-corrected chi connectivity index (χ3v) is 5.72. The first-order chi connectivity index (χ1) is 16.1. The van der Waals surface area contributed by atoms with Crippen molar-refractivity contribution in [1.29, 1.82) is 5.26 Å². The second kappa shape index (κ2) is 10.2. The summed E-state index contributed by atoms with van der Waals surface area (Å²) in [6, 6.07) is 9.02. The van der Waals surface area contributed by atoms with Gasteiger partial charge in [-0.1, -0.05) is 6.07 Å². The Morgan fingerprint density at radius 1 is 1.27 bits per heavy atom. The van der Waals surface area contributed by atoms with Crippen LogP contribution in [-0.2, 0) is 6.54 Å². The lowest BCUT2D eigenvalue weighted by Gasteiger charge is -2.32. The van der Waals surface area contributed by atoms with Crippen molar-refractivity contribution in [1.82, 2.24) is 30.0 Å². The highest BCUT2D eigenvalue weighted by Gasteiger charge is 2.25. The SMILES string of the molecule is CCNC(=O)Nc1nccc(CN2CCC(c3ccc(-n4cccn4)nc3C#N)CC2)c1F. The standard InChI is InChI=1S/C23H25FN8O/c1-2-26-23(33)30-22-21(24)17(6-10-27-22)15-31-12-7-16(8-13-31)18-4-5-20(29-19(18)14-25)32-11-3-9-28-32/h3-6,9-11,16H,2,7-8,12-13,15H2,1H3,(H2,26,27,30,33). The minimum atomic E-state index is -0.518. The molecule has 1 saturated heterocycles. The van der Waals surface area contributed by atoms with Gasteiger partial charge < -0.3 is 5.32 Å². The number of hydrogen-bond acceptors (Lipinski definition) is 6. The number of amides is 2. The smallest absolute Gasteiger partial charge is 0.320 e. The summed E-state index contributed by atoms with van der Waals surface area (Å²) in [5, 5.41) is 18.8. The zero-order valence-electron chi connectivity index (χ0n) is 18.3. The van der Waals surface area contributed by atoms with Crippen LogP contribution in [0.3, 0.4) is 0 Å². The number of carbonyl (C=O) groups excluding carboxylic acids is 1. The van der Waals surface area contributed by atoms with E-state index in [4.69, 9.17) is 0 Å². The Morgan fingerprint density at radius 3 is 2.79 bits per heavy atom. The minimum Gasteiger partial charge on any atom is -0.338 e. The number of likely N-dealkylation sites (tertiary alicyclic amines) is 1. The van der Waals surface area contributed by atoms with Crippen molar-refractivity contribution in [2.45, 2.75) is 32.2 Å². The Hall–Kier alpha value is -3.84. The monoisotopic (exact) mass is 448 g/mol. The van der Waals surface area contributed by atoms with Gasteiger partial charge in [-0.25, -0.2) is 23.8 Å². The summed E-state index contributed by atoms with van der Waals surface area (Å²) in [5.74, 6) is 0.238. The van der Waals surface area contributed by atoms with Gasteiger partial charge in [-0.3, -0.25) is 10.2 Å². The second-order valence-electron chi connectivity index (χ2n) is 7.84. The average molecular weight is 449 g/mol. The van der Waals surface area contributed by atoms with Crippen molar-refractivity contribution in [3.05, 3.63) is 65.5 Å². The third-order valence-electron chi connectivity index (χ3n) is 5.72. The Labute approximate surface area is 191 Å². The Morgan fingerprint density at radius 2 is 2.09 bits per heavy atom. The van der Waals surface area contributed by atoms with Gasteiger partial charge in [0.25, 0.3) is 0 Å². The van der Waals surface area contributed by atoms with E-state index >= 15 is 0 Å². The summed E-state index contributed by atoms with van der Waals surface area (Å²) in [5.41, 5.74) is 1.84. The van der Waals surface area contributed by atoms with Crippen LogP contribution in [0.5, 0.6) is 0 Å². The lowest BCUT2D eigenvalue weighted by Crippen LogP contribution is -2.33. The third kappa shape index (κ3) is 5.15. The van der Waals surface area contributed by atoms with Crippen molar-refractivity contribution in [2.24, 2.45) is 0 Å². The molecule has 3 aromatic rings. The number of nitrogens with zero attached hydrogens (tertiary/aromatic N) is 6. The fraction of sp³-hybridized carbons (Fsp3) is 0.348. The molecule has 9 nitrogen and oxygen atoms in total. The molecule has 0 bridgehead atoms. The molecule has 0 atom stereocenters. The van der Waals surface area contributed by atoms with Crippen LogP contribution < -0.4 is 10.6 Å². The molecule has 170 valence electrons. The number of nitriles is 1. The van der Waals surface area contributed by atoms with E-state index in [-0.39, 0.29) is 11.7 Å². The van der Waals surface area contributed by atoms with E-state index in [9.17, 15) is 14.4 Å². The fourth-order valence-corrected chi connectivity index (χ4v) is 4.06. The van der Waals surface area contributed by atoms with Crippen LogP contribution in [0.15, 0.2) is 42.9 Å².